The first kappa shape index (κ1) is 11.9. The van der Waals surface area contributed by atoms with Gasteiger partial charge >= 0.3 is 0 Å². The molecule has 98 valence electrons. The molecule has 3 saturated heterocycles. The Morgan fingerprint density at radius 2 is 2.18 bits per heavy atom. The van der Waals surface area contributed by atoms with Gasteiger partial charge in [-0.25, -0.2) is 0 Å². The maximum Gasteiger partial charge on any atom is 0.0827 e. The zero-order valence-electron chi connectivity index (χ0n) is 10.6. The highest BCUT2D eigenvalue weighted by atomic mass is 16.5. The molecule has 0 spiro atoms. The lowest BCUT2D eigenvalue weighted by molar-refractivity contribution is -0.0499. The molecule has 3 heterocycles. The molecule has 0 amide bonds. The van der Waals surface area contributed by atoms with Crippen LogP contribution in [0.1, 0.15) is 25.7 Å². The Hall–Kier alpha value is -0.160. The summed E-state index contributed by atoms with van der Waals surface area (Å²) >= 11 is 0. The van der Waals surface area contributed by atoms with Crippen molar-refractivity contribution in [2.45, 2.75) is 43.9 Å². The number of ether oxygens (including phenoxy) is 2. The molecule has 1 N–H and O–H groups in total. The molecule has 3 rings (SSSR count). The molecule has 3 unspecified atom stereocenters. The van der Waals surface area contributed by atoms with Gasteiger partial charge in [0.15, 0.2) is 0 Å². The Balaban J connectivity index is 1.40. The first-order chi connectivity index (χ1) is 8.42. The van der Waals surface area contributed by atoms with E-state index in [4.69, 9.17) is 9.47 Å². The predicted molar refractivity (Wildman–Crippen MR) is 66.2 cm³/mol. The van der Waals surface area contributed by atoms with Crippen LogP contribution in [-0.4, -0.2) is 62.5 Å². The van der Waals surface area contributed by atoms with E-state index in [1.54, 1.807) is 0 Å². The third-order valence-corrected chi connectivity index (χ3v) is 4.26. The molecule has 4 heteroatoms. The maximum atomic E-state index is 5.94. The highest BCUT2D eigenvalue weighted by Gasteiger charge is 2.32. The number of morpholine rings is 1. The van der Waals surface area contributed by atoms with Crippen molar-refractivity contribution in [1.29, 1.82) is 0 Å². The average Bonchev–Trinajstić information content (AvgIpc) is 2.85. The Kier molecular flexibility index (Phi) is 3.96. The maximum absolute atomic E-state index is 5.94. The van der Waals surface area contributed by atoms with E-state index in [0.29, 0.717) is 18.2 Å². The molecule has 3 atom stereocenters. The van der Waals surface area contributed by atoms with Gasteiger partial charge in [-0.3, -0.25) is 4.90 Å². The van der Waals surface area contributed by atoms with E-state index in [1.807, 2.05) is 0 Å². The molecule has 0 saturated carbocycles. The van der Waals surface area contributed by atoms with Gasteiger partial charge in [-0.1, -0.05) is 0 Å². The first-order valence-electron chi connectivity index (χ1n) is 7.08. The van der Waals surface area contributed by atoms with Crippen LogP contribution in [0.4, 0.5) is 0 Å². The van der Waals surface area contributed by atoms with Gasteiger partial charge in [0.25, 0.3) is 0 Å². The molecule has 4 nitrogen and oxygen atoms in total. The van der Waals surface area contributed by atoms with Gasteiger partial charge in [-0.2, -0.15) is 0 Å². The van der Waals surface area contributed by atoms with Crippen LogP contribution in [0, 0.1) is 0 Å². The molecular formula is C13H24N2O2. The molecule has 3 aliphatic rings. The molecule has 0 aliphatic carbocycles. The fourth-order valence-electron chi connectivity index (χ4n) is 3.21. The van der Waals surface area contributed by atoms with Crippen LogP contribution in [0.2, 0.25) is 0 Å². The standard InChI is InChI=1S/C13H24N2O2/c1-4-12-10-17-13(8-15(12)5-1)7-14-11-3-2-6-16-9-11/h11-14H,1-10H2. The van der Waals surface area contributed by atoms with Gasteiger partial charge < -0.3 is 14.8 Å². The number of hydrogen-bond donors (Lipinski definition) is 1. The normalized spacial score (nSPS) is 39.2. The summed E-state index contributed by atoms with van der Waals surface area (Å²) in [6.07, 6.45) is 5.50. The van der Waals surface area contributed by atoms with E-state index in [9.17, 15) is 0 Å². The van der Waals surface area contributed by atoms with Crippen LogP contribution in [0.3, 0.4) is 0 Å². The minimum absolute atomic E-state index is 0.381. The first-order valence-corrected chi connectivity index (χ1v) is 7.08. The summed E-state index contributed by atoms with van der Waals surface area (Å²) in [7, 11) is 0. The van der Waals surface area contributed by atoms with Crippen molar-refractivity contribution in [2.24, 2.45) is 0 Å². The summed E-state index contributed by atoms with van der Waals surface area (Å²) in [6.45, 7) is 6.12. The predicted octanol–water partition coefficient (Wildman–Crippen LogP) is 0.618. The summed E-state index contributed by atoms with van der Waals surface area (Å²) in [5.74, 6) is 0. The van der Waals surface area contributed by atoms with Gasteiger partial charge in [-0.15, -0.1) is 0 Å². The number of nitrogens with one attached hydrogen (secondary N) is 1. The van der Waals surface area contributed by atoms with Crippen molar-refractivity contribution in [3.63, 3.8) is 0 Å². The molecular weight excluding hydrogens is 216 g/mol. The van der Waals surface area contributed by atoms with Crippen LogP contribution in [0.25, 0.3) is 0 Å². The molecule has 17 heavy (non-hydrogen) atoms. The average molecular weight is 240 g/mol. The van der Waals surface area contributed by atoms with Crippen LogP contribution in [0.15, 0.2) is 0 Å². The summed E-state index contributed by atoms with van der Waals surface area (Å²) in [4.78, 5) is 2.60. The second-order valence-electron chi connectivity index (χ2n) is 5.57. The molecule has 3 fully saturated rings. The smallest absolute Gasteiger partial charge is 0.0827 e. The van der Waals surface area contributed by atoms with Crippen molar-refractivity contribution < 1.29 is 9.47 Å². The van der Waals surface area contributed by atoms with Crippen LogP contribution >= 0.6 is 0 Å². The van der Waals surface area contributed by atoms with Crippen molar-refractivity contribution in [1.82, 2.24) is 10.2 Å². The third-order valence-electron chi connectivity index (χ3n) is 4.26. The zero-order chi connectivity index (χ0) is 11.5. The van der Waals surface area contributed by atoms with E-state index < -0.39 is 0 Å². The lowest BCUT2D eigenvalue weighted by Gasteiger charge is -2.36. The Bertz CT molecular complexity index is 244. The summed E-state index contributed by atoms with van der Waals surface area (Å²) < 4.78 is 11.4. The largest absolute Gasteiger partial charge is 0.380 e. The van der Waals surface area contributed by atoms with Crippen LogP contribution in [-0.2, 0) is 9.47 Å². The summed E-state index contributed by atoms with van der Waals surface area (Å²) in [5, 5.41) is 3.59. The number of rotatable bonds is 3. The number of fused-ring (bicyclic) bond motifs is 1. The van der Waals surface area contributed by atoms with Gasteiger partial charge in [-0.05, 0) is 32.2 Å². The van der Waals surface area contributed by atoms with Crippen molar-refractivity contribution in [3.05, 3.63) is 0 Å². The van der Waals surface area contributed by atoms with E-state index in [2.05, 4.69) is 10.2 Å². The second-order valence-corrected chi connectivity index (χ2v) is 5.57. The molecule has 0 aromatic heterocycles. The molecule has 0 aromatic rings. The summed E-state index contributed by atoms with van der Waals surface area (Å²) in [5.41, 5.74) is 0. The molecule has 0 radical (unpaired) electrons. The minimum atomic E-state index is 0.381. The monoisotopic (exact) mass is 240 g/mol. The molecule has 3 aliphatic heterocycles. The summed E-state index contributed by atoms with van der Waals surface area (Å²) in [6, 6.07) is 1.26. The zero-order valence-corrected chi connectivity index (χ0v) is 10.6. The van der Waals surface area contributed by atoms with Crippen LogP contribution < -0.4 is 5.32 Å². The molecule has 0 aromatic carbocycles. The Morgan fingerprint density at radius 1 is 1.18 bits per heavy atom. The van der Waals surface area contributed by atoms with Gasteiger partial charge in [0.2, 0.25) is 0 Å². The van der Waals surface area contributed by atoms with Crippen LogP contribution in [0.5, 0.6) is 0 Å². The Morgan fingerprint density at radius 3 is 3.06 bits per heavy atom. The van der Waals surface area contributed by atoms with Crippen molar-refractivity contribution in [3.8, 4) is 0 Å². The van der Waals surface area contributed by atoms with Crippen molar-refractivity contribution >= 4 is 0 Å². The van der Waals surface area contributed by atoms with E-state index in [0.717, 1.165) is 32.9 Å². The highest BCUT2D eigenvalue weighted by molar-refractivity contribution is 4.86. The number of hydrogen-bond acceptors (Lipinski definition) is 4. The SMILES string of the molecule is C1COCC(NCC2CN3CCCC3CO2)C1. The van der Waals surface area contributed by atoms with Gasteiger partial charge in [0.05, 0.1) is 19.3 Å². The highest BCUT2D eigenvalue weighted by Crippen LogP contribution is 2.22. The molecule has 0 bridgehead atoms. The van der Waals surface area contributed by atoms with Gasteiger partial charge in [0.1, 0.15) is 0 Å². The fourth-order valence-corrected chi connectivity index (χ4v) is 3.21. The Labute approximate surface area is 104 Å². The third kappa shape index (κ3) is 2.99. The quantitative estimate of drug-likeness (QED) is 0.784. The minimum Gasteiger partial charge on any atom is -0.380 e. The van der Waals surface area contributed by atoms with Gasteiger partial charge in [0, 0.05) is 31.8 Å². The van der Waals surface area contributed by atoms with E-state index in [1.165, 1.54) is 32.2 Å². The lowest BCUT2D eigenvalue weighted by atomic mass is 10.1. The lowest BCUT2D eigenvalue weighted by Crippen LogP contribution is -2.51. The van der Waals surface area contributed by atoms with Crippen molar-refractivity contribution in [2.75, 3.05) is 39.5 Å². The number of nitrogens with zero attached hydrogens (tertiary/aromatic N) is 1. The van der Waals surface area contributed by atoms with E-state index >= 15 is 0 Å². The fraction of sp³-hybridized carbons (Fsp3) is 1.00. The second kappa shape index (κ2) is 5.65. The topological polar surface area (TPSA) is 33.7 Å². The van der Waals surface area contributed by atoms with E-state index in [-0.39, 0.29) is 0 Å².